The van der Waals surface area contributed by atoms with Gasteiger partial charge in [0, 0.05) is 5.54 Å². The standard InChI is InChI=1S/C17H22ClFN2O4S/c1-5-8-17(6-2,7-3)20-15(22)11-10-14(19)12(9-13(11)18)16(23)21-26(4,24)25/h5,9-10H,1,6-8H2,2-4H3,(H,20,22)(H,21,23). The molecule has 0 fully saturated rings. The minimum atomic E-state index is -3.86. The van der Waals surface area contributed by atoms with Gasteiger partial charge in [-0.25, -0.2) is 17.5 Å². The lowest BCUT2D eigenvalue weighted by atomic mass is 9.88. The Bertz CT molecular complexity index is 820. The van der Waals surface area contributed by atoms with Crippen LogP contribution in [-0.4, -0.2) is 32.0 Å². The molecule has 0 saturated carbocycles. The molecule has 0 aliphatic rings. The Labute approximate surface area is 157 Å². The summed E-state index contributed by atoms with van der Waals surface area (Å²) in [6.07, 6.45) is 4.25. The first-order valence-corrected chi connectivity index (χ1v) is 10.2. The van der Waals surface area contributed by atoms with Gasteiger partial charge in [0.25, 0.3) is 11.8 Å². The van der Waals surface area contributed by atoms with E-state index in [1.165, 1.54) is 0 Å². The first kappa shape index (κ1) is 22.1. The maximum Gasteiger partial charge on any atom is 0.267 e. The van der Waals surface area contributed by atoms with Crippen LogP contribution in [0.25, 0.3) is 0 Å². The summed E-state index contributed by atoms with van der Waals surface area (Å²) in [5.74, 6) is -2.81. The van der Waals surface area contributed by atoms with Gasteiger partial charge < -0.3 is 5.32 Å². The number of rotatable bonds is 8. The SMILES string of the molecule is C=CCC(CC)(CC)NC(=O)c1cc(F)c(C(=O)NS(C)(=O)=O)cc1Cl. The Kier molecular flexibility index (Phi) is 7.35. The van der Waals surface area contributed by atoms with Crippen molar-refractivity contribution in [2.45, 2.75) is 38.6 Å². The molecule has 0 atom stereocenters. The van der Waals surface area contributed by atoms with Crippen LogP contribution in [-0.2, 0) is 10.0 Å². The number of carbonyl (C=O) groups is 2. The number of sulfonamides is 1. The van der Waals surface area contributed by atoms with Crippen LogP contribution in [0.5, 0.6) is 0 Å². The van der Waals surface area contributed by atoms with Gasteiger partial charge in [0.05, 0.1) is 22.4 Å². The Morgan fingerprint density at radius 3 is 2.27 bits per heavy atom. The fourth-order valence-electron chi connectivity index (χ4n) is 2.47. The highest BCUT2D eigenvalue weighted by Crippen LogP contribution is 2.25. The van der Waals surface area contributed by atoms with Gasteiger partial charge in [-0.15, -0.1) is 6.58 Å². The third kappa shape index (κ3) is 5.54. The molecule has 2 amide bonds. The lowest BCUT2D eigenvalue weighted by Gasteiger charge is -2.32. The maximum absolute atomic E-state index is 14.3. The van der Waals surface area contributed by atoms with Gasteiger partial charge in [0.2, 0.25) is 10.0 Å². The van der Waals surface area contributed by atoms with Crippen LogP contribution < -0.4 is 10.0 Å². The van der Waals surface area contributed by atoms with E-state index in [2.05, 4.69) is 11.9 Å². The van der Waals surface area contributed by atoms with Crippen molar-refractivity contribution in [3.8, 4) is 0 Å². The first-order chi connectivity index (χ1) is 12.0. The van der Waals surface area contributed by atoms with E-state index in [-0.39, 0.29) is 10.6 Å². The number of hydrogen-bond acceptors (Lipinski definition) is 4. The van der Waals surface area contributed by atoms with Gasteiger partial charge in [0.15, 0.2) is 0 Å². The van der Waals surface area contributed by atoms with Crippen LogP contribution in [0.2, 0.25) is 5.02 Å². The van der Waals surface area contributed by atoms with Crippen LogP contribution in [0.1, 0.15) is 53.8 Å². The second-order valence-electron chi connectivity index (χ2n) is 5.95. The molecule has 2 N–H and O–H groups in total. The van der Waals surface area contributed by atoms with E-state index in [4.69, 9.17) is 11.6 Å². The van der Waals surface area contributed by atoms with E-state index in [1.807, 2.05) is 13.8 Å². The zero-order valence-corrected chi connectivity index (χ0v) is 16.4. The van der Waals surface area contributed by atoms with E-state index < -0.39 is 38.8 Å². The summed E-state index contributed by atoms with van der Waals surface area (Å²) in [4.78, 5) is 24.4. The fourth-order valence-corrected chi connectivity index (χ4v) is 3.17. The topological polar surface area (TPSA) is 92.3 Å². The second kappa shape index (κ2) is 8.64. The van der Waals surface area contributed by atoms with Crippen molar-refractivity contribution in [1.29, 1.82) is 0 Å². The summed E-state index contributed by atoms with van der Waals surface area (Å²) < 4.78 is 38.1. The van der Waals surface area contributed by atoms with Crippen LogP contribution in [0, 0.1) is 5.82 Å². The number of hydrogen-bond donors (Lipinski definition) is 2. The Morgan fingerprint density at radius 2 is 1.81 bits per heavy atom. The average molecular weight is 405 g/mol. The molecule has 0 saturated heterocycles. The minimum absolute atomic E-state index is 0.143. The van der Waals surface area contributed by atoms with Crippen LogP contribution in [0.4, 0.5) is 4.39 Å². The summed E-state index contributed by atoms with van der Waals surface area (Å²) in [7, 11) is -3.86. The van der Waals surface area contributed by atoms with Crippen LogP contribution in [0.15, 0.2) is 24.8 Å². The van der Waals surface area contributed by atoms with E-state index in [0.29, 0.717) is 19.3 Å². The third-order valence-electron chi connectivity index (χ3n) is 4.09. The minimum Gasteiger partial charge on any atom is -0.346 e. The number of amides is 2. The van der Waals surface area contributed by atoms with Crippen molar-refractivity contribution < 1.29 is 22.4 Å². The molecule has 1 aromatic rings. The Hall–Kier alpha value is -1.93. The van der Waals surface area contributed by atoms with Gasteiger partial charge in [-0.05, 0) is 31.4 Å². The van der Waals surface area contributed by atoms with Crippen molar-refractivity contribution in [2.75, 3.05) is 6.26 Å². The first-order valence-electron chi connectivity index (χ1n) is 7.93. The average Bonchev–Trinajstić information content (AvgIpc) is 2.54. The van der Waals surface area contributed by atoms with Crippen molar-refractivity contribution in [2.24, 2.45) is 0 Å². The summed E-state index contributed by atoms with van der Waals surface area (Å²) in [6, 6.07) is 1.75. The largest absolute Gasteiger partial charge is 0.346 e. The molecule has 0 spiro atoms. The normalized spacial score (nSPS) is 11.7. The molecule has 26 heavy (non-hydrogen) atoms. The second-order valence-corrected chi connectivity index (χ2v) is 8.11. The molecule has 0 bridgehead atoms. The fraction of sp³-hybridized carbons (Fsp3) is 0.412. The van der Waals surface area contributed by atoms with Gasteiger partial charge in [-0.1, -0.05) is 31.5 Å². The number of benzene rings is 1. The summed E-state index contributed by atoms with van der Waals surface area (Å²) in [5, 5.41) is 2.68. The molecule has 1 rings (SSSR count). The molecule has 6 nitrogen and oxygen atoms in total. The highest BCUT2D eigenvalue weighted by molar-refractivity contribution is 7.89. The highest BCUT2D eigenvalue weighted by Gasteiger charge is 2.29. The molecular formula is C17H22ClFN2O4S. The molecule has 0 heterocycles. The van der Waals surface area contributed by atoms with Crippen molar-refractivity contribution in [3.63, 3.8) is 0 Å². The molecule has 1 aromatic carbocycles. The molecule has 0 unspecified atom stereocenters. The monoisotopic (exact) mass is 404 g/mol. The smallest absolute Gasteiger partial charge is 0.267 e. The molecule has 0 radical (unpaired) electrons. The molecule has 0 aliphatic carbocycles. The highest BCUT2D eigenvalue weighted by atomic mass is 35.5. The summed E-state index contributed by atoms with van der Waals surface area (Å²) in [5.41, 5.74) is -1.25. The lowest BCUT2D eigenvalue weighted by Crippen LogP contribution is -2.47. The molecule has 0 aromatic heterocycles. The molecular weight excluding hydrogens is 383 g/mol. The number of nitrogens with one attached hydrogen (secondary N) is 2. The summed E-state index contributed by atoms with van der Waals surface area (Å²) >= 11 is 6.03. The zero-order chi connectivity index (χ0) is 20.1. The predicted octanol–water partition coefficient (Wildman–Crippen LogP) is 3.03. The Balaban J connectivity index is 3.19. The van der Waals surface area contributed by atoms with Gasteiger partial charge in [-0.3, -0.25) is 9.59 Å². The third-order valence-corrected chi connectivity index (χ3v) is 4.96. The Morgan fingerprint density at radius 1 is 1.23 bits per heavy atom. The van der Waals surface area contributed by atoms with E-state index in [0.717, 1.165) is 18.4 Å². The quantitative estimate of drug-likeness (QED) is 0.651. The summed E-state index contributed by atoms with van der Waals surface area (Å²) in [6.45, 7) is 7.50. The van der Waals surface area contributed by atoms with Gasteiger partial charge in [0.1, 0.15) is 5.82 Å². The van der Waals surface area contributed by atoms with Crippen molar-refractivity contribution in [1.82, 2.24) is 10.0 Å². The predicted molar refractivity (Wildman–Crippen MR) is 99.3 cm³/mol. The van der Waals surface area contributed by atoms with E-state index in [1.54, 1.807) is 10.8 Å². The molecule has 9 heteroatoms. The van der Waals surface area contributed by atoms with Gasteiger partial charge in [-0.2, -0.15) is 0 Å². The number of halogens is 2. The van der Waals surface area contributed by atoms with E-state index >= 15 is 0 Å². The van der Waals surface area contributed by atoms with Crippen molar-refractivity contribution in [3.05, 3.63) is 46.8 Å². The maximum atomic E-state index is 14.3. The number of carbonyl (C=O) groups excluding carboxylic acids is 2. The van der Waals surface area contributed by atoms with Crippen LogP contribution in [0.3, 0.4) is 0 Å². The van der Waals surface area contributed by atoms with Crippen LogP contribution >= 0.6 is 11.6 Å². The zero-order valence-electron chi connectivity index (χ0n) is 14.9. The van der Waals surface area contributed by atoms with Crippen molar-refractivity contribution >= 4 is 33.4 Å². The molecule has 0 aliphatic heterocycles. The van der Waals surface area contributed by atoms with Gasteiger partial charge >= 0.3 is 0 Å². The molecule has 144 valence electrons. The van der Waals surface area contributed by atoms with E-state index in [9.17, 15) is 22.4 Å². The lowest BCUT2D eigenvalue weighted by molar-refractivity contribution is 0.0890.